The summed E-state index contributed by atoms with van der Waals surface area (Å²) < 4.78 is 9.31. The highest BCUT2D eigenvalue weighted by Gasteiger charge is 1.97. The molecule has 0 saturated carbocycles. The predicted octanol–water partition coefficient (Wildman–Crippen LogP) is 1.80. The molecule has 0 aromatic heterocycles. The number of benzene rings is 1. The molecule has 16 heavy (non-hydrogen) atoms. The van der Waals surface area contributed by atoms with Gasteiger partial charge in [0, 0.05) is 13.0 Å². The first-order valence-corrected chi connectivity index (χ1v) is 4.66. The zero-order valence-corrected chi connectivity index (χ0v) is 9.10. The molecule has 0 aliphatic rings. The molecular formula is C12H12O4. The molecule has 0 aliphatic heterocycles. The third-order valence-electron chi connectivity index (χ3n) is 1.75. The summed E-state index contributed by atoms with van der Waals surface area (Å²) in [6.45, 7) is 1.34. The van der Waals surface area contributed by atoms with E-state index in [2.05, 4.69) is 4.74 Å². The van der Waals surface area contributed by atoms with Crippen molar-refractivity contribution in [2.75, 3.05) is 7.11 Å². The molecule has 0 bridgehead atoms. The number of ether oxygens (including phenoxy) is 2. The highest BCUT2D eigenvalue weighted by atomic mass is 16.5. The number of hydrogen-bond donors (Lipinski definition) is 0. The van der Waals surface area contributed by atoms with E-state index in [9.17, 15) is 9.59 Å². The van der Waals surface area contributed by atoms with Gasteiger partial charge in [-0.1, -0.05) is 12.1 Å². The average molecular weight is 220 g/mol. The van der Waals surface area contributed by atoms with Crippen molar-refractivity contribution in [3.05, 3.63) is 35.9 Å². The van der Waals surface area contributed by atoms with Gasteiger partial charge in [0.15, 0.2) is 0 Å². The van der Waals surface area contributed by atoms with E-state index >= 15 is 0 Å². The molecular weight excluding hydrogens is 208 g/mol. The lowest BCUT2D eigenvalue weighted by Crippen LogP contribution is -2.00. The number of esters is 2. The first-order valence-electron chi connectivity index (χ1n) is 4.66. The quantitative estimate of drug-likeness (QED) is 0.443. The predicted molar refractivity (Wildman–Crippen MR) is 58.8 cm³/mol. The van der Waals surface area contributed by atoms with Crippen LogP contribution in [-0.2, 0) is 14.3 Å². The fourth-order valence-electron chi connectivity index (χ4n) is 1.05. The van der Waals surface area contributed by atoms with Crippen molar-refractivity contribution in [2.45, 2.75) is 6.92 Å². The first kappa shape index (κ1) is 12.0. The molecule has 1 aromatic rings. The second-order valence-corrected chi connectivity index (χ2v) is 3.02. The summed E-state index contributed by atoms with van der Waals surface area (Å²) in [7, 11) is 1.32. The monoisotopic (exact) mass is 220 g/mol. The van der Waals surface area contributed by atoms with E-state index < -0.39 is 5.97 Å². The number of methoxy groups -OCH3 is 1. The van der Waals surface area contributed by atoms with Gasteiger partial charge in [-0.25, -0.2) is 4.79 Å². The Kier molecular flexibility index (Phi) is 4.27. The van der Waals surface area contributed by atoms with Crippen LogP contribution in [0.5, 0.6) is 5.75 Å². The Hall–Kier alpha value is -2.10. The van der Waals surface area contributed by atoms with Gasteiger partial charge >= 0.3 is 11.9 Å². The second-order valence-electron chi connectivity index (χ2n) is 3.02. The molecule has 0 saturated heterocycles. The summed E-state index contributed by atoms with van der Waals surface area (Å²) in [6.07, 6.45) is 2.93. The standard InChI is InChI=1S/C12H12O4/c1-9(13)16-11-6-3-10(4-7-11)5-8-12(14)15-2/h3-8H,1-2H3/b8-5-. The van der Waals surface area contributed by atoms with Crippen molar-refractivity contribution in [1.82, 2.24) is 0 Å². The van der Waals surface area contributed by atoms with Crippen molar-refractivity contribution in [3.8, 4) is 5.75 Å². The van der Waals surface area contributed by atoms with Crippen molar-refractivity contribution in [3.63, 3.8) is 0 Å². The molecule has 4 heteroatoms. The second kappa shape index (κ2) is 5.70. The molecule has 84 valence electrons. The van der Waals surface area contributed by atoms with Gasteiger partial charge in [0.2, 0.25) is 0 Å². The van der Waals surface area contributed by atoms with Crippen molar-refractivity contribution in [1.29, 1.82) is 0 Å². The molecule has 0 aliphatic carbocycles. The molecule has 0 N–H and O–H groups in total. The summed E-state index contributed by atoms with van der Waals surface area (Å²) in [4.78, 5) is 21.5. The van der Waals surface area contributed by atoms with Gasteiger partial charge in [-0.15, -0.1) is 0 Å². The molecule has 0 heterocycles. The van der Waals surface area contributed by atoms with Crippen LogP contribution in [0.1, 0.15) is 12.5 Å². The average Bonchev–Trinajstić information content (AvgIpc) is 2.27. The van der Waals surface area contributed by atoms with E-state index in [-0.39, 0.29) is 5.97 Å². The van der Waals surface area contributed by atoms with Crippen LogP contribution in [-0.4, -0.2) is 19.0 Å². The summed E-state index contributed by atoms with van der Waals surface area (Å²) in [5.74, 6) is -0.301. The minimum absolute atomic E-state index is 0.363. The maximum absolute atomic E-state index is 10.8. The molecule has 0 fully saturated rings. The number of carbonyl (C=O) groups is 2. The highest BCUT2D eigenvalue weighted by Crippen LogP contribution is 2.13. The molecule has 0 radical (unpaired) electrons. The third kappa shape index (κ3) is 3.96. The van der Waals surface area contributed by atoms with Crippen LogP contribution in [0.25, 0.3) is 6.08 Å². The van der Waals surface area contributed by atoms with Crippen LogP contribution >= 0.6 is 0 Å². The van der Waals surface area contributed by atoms with Crippen LogP contribution in [0, 0.1) is 0 Å². The Morgan fingerprint density at radius 1 is 1.19 bits per heavy atom. The van der Waals surface area contributed by atoms with Gasteiger partial charge in [-0.05, 0) is 23.8 Å². The fraction of sp³-hybridized carbons (Fsp3) is 0.167. The minimum Gasteiger partial charge on any atom is -0.466 e. The van der Waals surface area contributed by atoms with Gasteiger partial charge in [0.25, 0.3) is 0 Å². The van der Waals surface area contributed by atoms with Gasteiger partial charge < -0.3 is 9.47 Å². The number of carbonyl (C=O) groups excluding carboxylic acids is 2. The van der Waals surface area contributed by atoms with E-state index in [0.29, 0.717) is 5.75 Å². The zero-order chi connectivity index (χ0) is 12.0. The number of rotatable bonds is 3. The molecule has 1 rings (SSSR count). The van der Waals surface area contributed by atoms with E-state index in [1.807, 2.05) is 0 Å². The number of hydrogen-bond acceptors (Lipinski definition) is 4. The Morgan fingerprint density at radius 3 is 2.31 bits per heavy atom. The minimum atomic E-state index is -0.413. The smallest absolute Gasteiger partial charge is 0.330 e. The SMILES string of the molecule is COC(=O)/C=C\c1ccc(OC(C)=O)cc1. The van der Waals surface area contributed by atoms with Crippen LogP contribution in [0.3, 0.4) is 0 Å². The molecule has 0 spiro atoms. The van der Waals surface area contributed by atoms with E-state index in [4.69, 9.17) is 4.74 Å². The van der Waals surface area contributed by atoms with Gasteiger partial charge in [-0.2, -0.15) is 0 Å². The normalized spacial score (nSPS) is 10.1. The largest absolute Gasteiger partial charge is 0.466 e. The summed E-state index contributed by atoms with van der Waals surface area (Å²) >= 11 is 0. The topological polar surface area (TPSA) is 52.6 Å². The van der Waals surface area contributed by atoms with Crippen LogP contribution < -0.4 is 4.74 Å². The summed E-state index contributed by atoms with van der Waals surface area (Å²) in [5.41, 5.74) is 0.821. The summed E-state index contributed by atoms with van der Waals surface area (Å²) in [6, 6.07) is 6.77. The Balaban J connectivity index is 2.68. The Labute approximate surface area is 93.5 Å². The summed E-state index contributed by atoms with van der Waals surface area (Å²) in [5, 5.41) is 0. The zero-order valence-electron chi connectivity index (χ0n) is 9.10. The van der Waals surface area contributed by atoms with E-state index in [0.717, 1.165) is 5.56 Å². The van der Waals surface area contributed by atoms with Gasteiger partial charge in [-0.3, -0.25) is 4.79 Å². The third-order valence-corrected chi connectivity index (χ3v) is 1.75. The van der Waals surface area contributed by atoms with E-state index in [1.165, 1.54) is 20.1 Å². The molecule has 0 unspecified atom stereocenters. The van der Waals surface area contributed by atoms with Crippen LogP contribution in [0.2, 0.25) is 0 Å². The molecule has 0 atom stereocenters. The lowest BCUT2D eigenvalue weighted by atomic mass is 10.2. The molecule has 1 aromatic carbocycles. The van der Waals surface area contributed by atoms with Crippen LogP contribution in [0.15, 0.2) is 30.3 Å². The first-order chi connectivity index (χ1) is 7.61. The lowest BCUT2D eigenvalue weighted by Gasteiger charge is -2.00. The maximum Gasteiger partial charge on any atom is 0.330 e. The van der Waals surface area contributed by atoms with Crippen molar-refractivity contribution in [2.24, 2.45) is 0 Å². The Bertz CT molecular complexity index is 404. The van der Waals surface area contributed by atoms with E-state index in [1.54, 1.807) is 30.3 Å². The highest BCUT2D eigenvalue weighted by molar-refractivity contribution is 5.86. The van der Waals surface area contributed by atoms with Crippen molar-refractivity contribution < 1.29 is 19.1 Å². The molecule has 0 amide bonds. The fourth-order valence-corrected chi connectivity index (χ4v) is 1.05. The van der Waals surface area contributed by atoms with Crippen molar-refractivity contribution >= 4 is 18.0 Å². The lowest BCUT2D eigenvalue weighted by molar-refractivity contribution is -0.135. The van der Waals surface area contributed by atoms with Crippen LogP contribution in [0.4, 0.5) is 0 Å². The molecule has 4 nitrogen and oxygen atoms in total. The maximum atomic E-state index is 10.8. The Morgan fingerprint density at radius 2 is 1.81 bits per heavy atom. The van der Waals surface area contributed by atoms with Gasteiger partial charge in [0.1, 0.15) is 5.75 Å². The van der Waals surface area contributed by atoms with Gasteiger partial charge in [0.05, 0.1) is 7.11 Å².